The third-order valence-electron chi connectivity index (χ3n) is 8.28. The fraction of sp³-hybridized carbons (Fsp3) is 0.615. The predicted molar refractivity (Wildman–Crippen MR) is 130 cm³/mol. The zero-order valence-electron chi connectivity index (χ0n) is 19.8. The zero-order valence-corrected chi connectivity index (χ0v) is 19.8. The maximum atomic E-state index is 14.1. The molecule has 1 saturated carbocycles. The molecule has 3 heterocycles. The first-order valence-electron chi connectivity index (χ1n) is 12.7. The minimum atomic E-state index is -0.434. The molecular formula is C26H37N5O2. The van der Waals surface area contributed by atoms with Crippen molar-refractivity contribution in [2.45, 2.75) is 75.5 Å². The number of aromatic nitrogens is 1. The largest absolute Gasteiger partial charge is 0.361 e. The summed E-state index contributed by atoms with van der Waals surface area (Å²) in [5.41, 5.74) is 2.42. The Balaban J connectivity index is 1.42. The van der Waals surface area contributed by atoms with Gasteiger partial charge in [0.05, 0.1) is 12.1 Å². The average molecular weight is 452 g/mol. The van der Waals surface area contributed by atoms with Gasteiger partial charge in [-0.2, -0.15) is 0 Å². The summed E-state index contributed by atoms with van der Waals surface area (Å²) in [4.78, 5) is 32.4. The number of fused-ring (bicyclic) bond motifs is 2. The fourth-order valence-corrected chi connectivity index (χ4v) is 6.32. The van der Waals surface area contributed by atoms with Crippen molar-refractivity contribution in [1.29, 1.82) is 0 Å². The number of likely N-dealkylation sites (tertiary alicyclic amines) is 1. The van der Waals surface area contributed by atoms with Crippen LogP contribution in [0.4, 0.5) is 0 Å². The second-order valence-electron chi connectivity index (χ2n) is 10.1. The number of nitrogens with one attached hydrogen (secondary N) is 4. The number of aromatic amines is 1. The molecule has 2 aliphatic heterocycles. The third kappa shape index (κ3) is 4.17. The molecule has 4 N–H and O–H groups in total. The summed E-state index contributed by atoms with van der Waals surface area (Å²) >= 11 is 0. The highest BCUT2D eigenvalue weighted by molar-refractivity contribution is 5.90. The minimum Gasteiger partial charge on any atom is -0.361 e. The number of amides is 2. The van der Waals surface area contributed by atoms with E-state index in [9.17, 15) is 9.59 Å². The molecule has 0 bridgehead atoms. The number of benzene rings is 1. The highest BCUT2D eigenvalue weighted by atomic mass is 16.2. The van der Waals surface area contributed by atoms with Crippen LogP contribution < -0.4 is 16.0 Å². The Morgan fingerprint density at radius 3 is 2.70 bits per heavy atom. The van der Waals surface area contributed by atoms with E-state index in [0.29, 0.717) is 6.04 Å². The van der Waals surface area contributed by atoms with Crippen LogP contribution in [0.25, 0.3) is 10.9 Å². The number of likely N-dealkylation sites (N-methyl/N-ethyl adjacent to an activating group) is 1. The van der Waals surface area contributed by atoms with Gasteiger partial charge < -0.3 is 25.8 Å². The number of rotatable bonds is 6. The first kappa shape index (κ1) is 22.4. The van der Waals surface area contributed by atoms with Crippen LogP contribution in [0.3, 0.4) is 0 Å². The lowest BCUT2D eigenvalue weighted by Gasteiger charge is -2.36. The van der Waals surface area contributed by atoms with Crippen LogP contribution in [0.5, 0.6) is 0 Å². The molecule has 2 saturated heterocycles. The molecule has 1 aromatic carbocycles. The number of hydrogen-bond donors (Lipinski definition) is 4. The smallest absolute Gasteiger partial charge is 0.245 e. The van der Waals surface area contributed by atoms with Crippen LogP contribution in [0.2, 0.25) is 0 Å². The summed E-state index contributed by atoms with van der Waals surface area (Å²) in [6, 6.07) is 8.09. The van der Waals surface area contributed by atoms with E-state index in [2.05, 4.69) is 50.2 Å². The van der Waals surface area contributed by atoms with Crippen LogP contribution >= 0.6 is 0 Å². The summed E-state index contributed by atoms with van der Waals surface area (Å²) in [5.74, 6) is 0.491. The van der Waals surface area contributed by atoms with Gasteiger partial charge in [0.1, 0.15) is 6.04 Å². The lowest BCUT2D eigenvalue weighted by molar-refractivity contribution is -0.139. The highest BCUT2D eigenvalue weighted by Gasteiger charge is 2.49. The van der Waals surface area contributed by atoms with Gasteiger partial charge in [0.2, 0.25) is 11.8 Å². The molecule has 1 aliphatic carbocycles. The van der Waals surface area contributed by atoms with Gasteiger partial charge in [0, 0.05) is 42.1 Å². The molecule has 7 nitrogen and oxygen atoms in total. The summed E-state index contributed by atoms with van der Waals surface area (Å²) in [6.45, 7) is 3.47. The maximum Gasteiger partial charge on any atom is 0.245 e. The molecule has 33 heavy (non-hydrogen) atoms. The van der Waals surface area contributed by atoms with Crippen LogP contribution in [0.1, 0.15) is 56.9 Å². The van der Waals surface area contributed by atoms with Gasteiger partial charge in [-0.3, -0.25) is 9.59 Å². The van der Waals surface area contributed by atoms with Gasteiger partial charge in [-0.25, -0.2) is 0 Å². The maximum absolute atomic E-state index is 14.1. The Morgan fingerprint density at radius 1 is 1.12 bits per heavy atom. The summed E-state index contributed by atoms with van der Waals surface area (Å²) in [6.07, 6.45) is 8.60. The molecule has 1 aromatic heterocycles. The first-order chi connectivity index (χ1) is 16.1. The lowest BCUT2D eigenvalue weighted by Crippen LogP contribution is -2.57. The van der Waals surface area contributed by atoms with Crippen molar-refractivity contribution in [2.75, 3.05) is 20.1 Å². The predicted octanol–water partition coefficient (Wildman–Crippen LogP) is 2.50. The SMILES string of the molecule is CN[C@@H](C)C(=O)N[C@H](C(=O)N1CC[C@H]2NC[C@@H](c3c[nH]c4ccccc34)[C@H]21)C1CCCCC1. The van der Waals surface area contributed by atoms with Crippen molar-refractivity contribution in [3.63, 3.8) is 0 Å². The van der Waals surface area contributed by atoms with Crippen molar-refractivity contribution >= 4 is 22.7 Å². The summed E-state index contributed by atoms with van der Waals surface area (Å²) < 4.78 is 0. The molecule has 0 radical (unpaired) electrons. The van der Waals surface area contributed by atoms with Crippen molar-refractivity contribution in [2.24, 2.45) is 5.92 Å². The van der Waals surface area contributed by atoms with Gasteiger partial charge in [-0.05, 0) is 50.8 Å². The second kappa shape index (κ2) is 9.47. The second-order valence-corrected chi connectivity index (χ2v) is 10.1. The Labute approximate surface area is 196 Å². The molecule has 5 atom stereocenters. The Hall–Kier alpha value is -2.38. The number of nitrogens with zero attached hydrogens (tertiary/aromatic N) is 1. The molecule has 3 fully saturated rings. The van der Waals surface area contributed by atoms with Crippen molar-refractivity contribution in [1.82, 2.24) is 25.8 Å². The molecule has 5 rings (SSSR count). The molecule has 3 aliphatic rings. The monoisotopic (exact) mass is 451 g/mol. The van der Waals surface area contributed by atoms with Gasteiger partial charge in [0.25, 0.3) is 0 Å². The Kier molecular flexibility index (Phi) is 6.43. The van der Waals surface area contributed by atoms with Crippen molar-refractivity contribution in [3.05, 3.63) is 36.0 Å². The number of H-pyrrole nitrogens is 1. The van der Waals surface area contributed by atoms with Crippen molar-refractivity contribution < 1.29 is 9.59 Å². The van der Waals surface area contributed by atoms with E-state index in [-0.39, 0.29) is 35.7 Å². The van der Waals surface area contributed by atoms with E-state index in [0.717, 1.165) is 50.7 Å². The van der Waals surface area contributed by atoms with Gasteiger partial charge >= 0.3 is 0 Å². The number of para-hydroxylation sites is 1. The van der Waals surface area contributed by atoms with Crippen molar-refractivity contribution in [3.8, 4) is 0 Å². The lowest BCUT2D eigenvalue weighted by atomic mass is 9.82. The fourth-order valence-electron chi connectivity index (χ4n) is 6.32. The van der Waals surface area contributed by atoms with Gasteiger partial charge in [0.15, 0.2) is 0 Å². The Morgan fingerprint density at radius 2 is 1.91 bits per heavy atom. The average Bonchev–Trinajstić information content (AvgIpc) is 3.57. The van der Waals surface area contributed by atoms with E-state index >= 15 is 0 Å². The molecule has 2 amide bonds. The summed E-state index contributed by atoms with van der Waals surface area (Å²) in [5, 5.41) is 11.1. The summed E-state index contributed by atoms with van der Waals surface area (Å²) in [7, 11) is 1.78. The standard InChI is InChI=1S/C26H37N5O2/c1-16(27-2)25(32)30-23(17-8-4-3-5-9-17)26(33)31-13-12-22-24(31)20(15-29-22)19-14-28-21-11-7-6-10-18(19)21/h6-7,10-11,14,16-17,20,22-24,27-29H,3-5,8-9,12-13,15H2,1-2H3,(H,30,32)/t16-,20-,22+,23-,24+/m0/s1. The topological polar surface area (TPSA) is 89.3 Å². The van der Waals surface area contributed by atoms with Crippen LogP contribution in [0, 0.1) is 5.92 Å². The molecule has 7 heteroatoms. The third-order valence-corrected chi connectivity index (χ3v) is 8.28. The van der Waals surface area contributed by atoms with E-state index in [4.69, 9.17) is 0 Å². The van der Waals surface area contributed by atoms with E-state index in [1.54, 1.807) is 7.05 Å². The van der Waals surface area contributed by atoms with Crippen LogP contribution in [0.15, 0.2) is 30.5 Å². The molecule has 0 unspecified atom stereocenters. The van der Waals surface area contributed by atoms with E-state index in [1.807, 2.05) is 13.0 Å². The van der Waals surface area contributed by atoms with Gasteiger partial charge in [-0.15, -0.1) is 0 Å². The first-order valence-corrected chi connectivity index (χ1v) is 12.7. The number of carbonyl (C=O) groups is 2. The normalized spacial score (nSPS) is 27.5. The minimum absolute atomic E-state index is 0.0881. The zero-order chi connectivity index (χ0) is 22.9. The highest BCUT2D eigenvalue weighted by Crippen LogP contribution is 2.39. The molecule has 178 valence electrons. The van der Waals surface area contributed by atoms with Crippen LogP contribution in [-0.4, -0.2) is 66.0 Å². The number of hydrogen-bond acceptors (Lipinski definition) is 4. The molecular weight excluding hydrogens is 414 g/mol. The Bertz CT molecular complexity index is 997. The number of carbonyl (C=O) groups excluding carboxylic acids is 2. The quantitative estimate of drug-likeness (QED) is 0.543. The van der Waals surface area contributed by atoms with Crippen LogP contribution in [-0.2, 0) is 9.59 Å². The van der Waals surface area contributed by atoms with E-state index < -0.39 is 6.04 Å². The molecule has 0 spiro atoms. The molecule has 2 aromatic rings. The van der Waals surface area contributed by atoms with Gasteiger partial charge in [-0.1, -0.05) is 37.5 Å². The van der Waals surface area contributed by atoms with E-state index in [1.165, 1.54) is 17.4 Å².